The van der Waals surface area contributed by atoms with Gasteiger partial charge in [-0.2, -0.15) is 11.3 Å². The summed E-state index contributed by atoms with van der Waals surface area (Å²) >= 11 is 3.48. The summed E-state index contributed by atoms with van der Waals surface area (Å²) in [5, 5.41) is 7.70. The Morgan fingerprint density at radius 2 is 1.86 bits per heavy atom. The van der Waals surface area contributed by atoms with Gasteiger partial charge in [-0.25, -0.2) is 0 Å². The summed E-state index contributed by atoms with van der Waals surface area (Å²) in [4.78, 5) is 2.33. The first-order chi connectivity index (χ1) is 10.4. The minimum absolute atomic E-state index is 0.839. The molecule has 3 aromatic rings. The number of nitrogens with one attached hydrogen (secondary N) is 1. The topological polar surface area (TPSA) is 21.3 Å². The number of ether oxygens (including phenoxy) is 1. The number of hydrogen-bond donors (Lipinski definition) is 1. The average Bonchev–Trinajstić information content (AvgIpc) is 3.04. The third-order valence-electron chi connectivity index (χ3n) is 3.31. The van der Waals surface area contributed by atoms with Gasteiger partial charge >= 0.3 is 0 Å². The first kappa shape index (κ1) is 12.8. The van der Waals surface area contributed by atoms with Crippen molar-refractivity contribution in [2.45, 2.75) is 16.3 Å². The van der Waals surface area contributed by atoms with Gasteiger partial charge in [0.05, 0.1) is 9.79 Å². The van der Waals surface area contributed by atoms with Crippen LogP contribution in [-0.4, -0.2) is 0 Å². The summed E-state index contributed by atoms with van der Waals surface area (Å²) < 4.78 is 6.00. The lowest BCUT2D eigenvalue weighted by molar-refractivity contribution is 0.455. The van der Waals surface area contributed by atoms with Crippen LogP contribution in [0.2, 0.25) is 0 Å². The molecule has 0 fully saturated rings. The molecule has 2 heterocycles. The van der Waals surface area contributed by atoms with Gasteiger partial charge < -0.3 is 10.1 Å². The smallest absolute Gasteiger partial charge is 0.143 e. The summed E-state index contributed by atoms with van der Waals surface area (Å²) in [6, 6.07) is 16.6. The summed E-state index contributed by atoms with van der Waals surface area (Å²) in [7, 11) is 0. The molecule has 1 aromatic heterocycles. The molecule has 0 spiro atoms. The summed E-state index contributed by atoms with van der Waals surface area (Å²) in [5.74, 6) is 1.86. The van der Waals surface area contributed by atoms with E-state index in [1.807, 2.05) is 18.2 Å². The van der Waals surface area contributed by atoms with Crippen molar-refractivity contribution >= 4 is 28.8 Å². The maximum Gasteiger partial charge on any atom is 0.143 e. The number of fused-ring (bicyclic) bond motifs is 2. The van der Waals surface area contributed by atoms with E-state index in [4.69, 9.17) is 4.74 Å². The van der Waals surface area contributed by atoms with Crippen LogP contribution in [0.25, 0.3) is 0 Å². The zero-order valence-corrected chi connectivity index (χ0v) is 12.8. The monoisotopic (exact) mass is 311 g/mol. The summed E-state index contributed by atoms with van der Waals surface area (Å²) in [6.07, 6.45) is 0. The van der Waals surface area contributed by atoms with E-state index in [2.05, 4.69) is 46.4 Å². The highest BCUT2D eigenvalue weighted by atomic mass is 32.2. The van der Waals surface area contributed by atoms with Crippen LogP contribution in [0.5, 0.6) is 11.5 Å². The Balaban J connectivity index is 1.55. The van der Waals surface area contributed by atoms with Crippen LogP contribution in [0.15, 0.2) is 69.1 Å². The molecule has 1 N–H and O–H groups in total. The maximum atomic E-state index is 6.00. The largest absolute Gasteiger partial charge is 0.455 e. The van der Waals surface area contributed by atoms with Gasteiger partial charge in [0.2, 0.25) is 0 Å². The van der Waals surface area contributed by atoms with Gasteiger partial charge in [-0.05, 0) is 46.7 Å². The number of hydrogen-bond acceptors (Lipinski definition) is 4. The maximum absolute atomic E-state index is 6.00. The number of thiophene rings is 1. The van der Waals surface area contributed by atoms with Crippen LogP contribution in [0, 0.1) is 0 Å². The van der Waals surface area contributed by atoms with E-state index in [0.717, 1.165) is 28.6 Å². The fraction of sp³-hybridized carbons (Fsp3) is 0.0588. The lowest BCUT2D eigenvalue weighted by atomic mass is 10.2. The fourth-order valence-electron chi connectivity index (χ4n) is 2.24. The lowest BCUT2D eigenvalue weighted by Gasteiger charge is -2.20. The van der Waals surface area contributed by atoms with Crippen molar-refractivity contribution in [2.24, 2.45) is 0 Å². The second-order valence-corrected chi connectivity index (χ2v) is 6.66. The molecule has 4 heteroatoms. The highest BCUT2D eigenvalue weighted by Gasteiger charge is 2.17. The van der Waals surface area contributed by atoms with Crippen LogP contribution in [0.4, 0.5) is 5.69 Å². The quantitative estimate of drug-likeness (QED) is 0.531. The molecule has 2 aromatic carbocycles. The third-order valence-corrected chi connectivity index (χ3v) is 5.16. The fourth-order valence-corrected chi connectivity index (χ4v) is 3.83. The Labute approximate surface area is 131 Å². The molecular weight excluding hydrogens is 298 g/mol. The summed E-state index contributed by atoms with van der Waals surface area (Å²) in [5.41, 5.74) is 2.39. The van der Waals surface area contributed by atoms with Gasteiger partial charge in [-0.1, -0.05) is 23.9 Å². The van der Waals surface area contributed by atoms with Crippen molar-refractivity contribution in [3.63, 3.8) is 0 Å². The molecular formula is C17H13NOS2. The van der Waals surface area contributed by atoms with Crippen LogP contribution in [-0.2, 0) is 6.54 Å². The van der Waals surface area contributed by atoms with Crippen LogP contribution in [0.1, 0.15) is 5.56 Å². The predicted molar refractivity (Wildman–Crippen MR) is 88.7 cm³/mol. The van der Waals surface area contributed by atoms with Crippen LogP contribution >= 0.6 is 23.1 Å². The lowest BCUT2D eigenvalue weighted by Crippen LogP contribution is -2.00. The normalized spacial score (nSPS) is 12.2. The molecule has 1 aliphatic rings. The average molecular weight is 311 g/mol. The van der Waals surface area contributed by atoms with Crippen molar-refractivity contribution in [3.8, 4) is 11.5 Å². The van der Waals surface area contributed by atoms with E-state index in [-0.39, 0.29) is 0 Å². The van der Waals surface area contributed by atoms with Crippen LogP contribution < -0.4 is 10.1 Å². The van der Waals surface area contributed by atoms with Crippen molar-refractivity contribution in [3.05, 3.63) is 64.9 Å². The molecule has 0 amide bonds. The Morgan fingerprint density at radius 1 is 0.952 bits per heavy atom. The molecule has 0 saturated carbocycles. The minimum atomic E-state index is 0.839. The van der Waals surface area contributed by atoms with E-state index < -0.39 is 0 Å². The molecule has 4 rings (SSSR count). The van der Waals surface area contributed by atoms with Crippen LogP contribution in [0.3, 0.4) is 0 Å². The van der Waals surface area contributed by atoms with Crippen molar-refractivity contribution in [1.29, 1.82) is 0 Å². The molecule has 21 heavy (non-hydrogen) atoms. The zero-order chi connectivity index (χ0) is 14.1. The Morgan fingerprint density at radius 3 is 2.76 bits per heavy atom. The molecule has 0 saturated heterocycles. The number of para-hydroxylation sites is 1. The highest BCUT2D eigenvalue weighted by molar-refractivity contribution is 7.99. The zero-order valence-electron chi connectivity index (χ0n) is 11.2. The van der Waals surface area contributed by atoms with E-state index in [9.17, 15) is 0 Å². The number of benzene rings is 2. The molecule has 0 unspecified atom stereocenters. The van der Waals surface area contributed by atoms with Gasteiger partial charge in [0.25, 0.3) is 0 Å². The van der Waals surface area contributed by atoms with Crippen molar-refractivity contribution < 1.29 is 4.74 Å². The van der Waals surface area contributed by atoms with Gasteiger partial charge in [0.15, 0.2) is 0 Å². The van der Waals surface area contributed by atoms with E-state index >= 15 is 0 Å². The van der Waals surface area contributed by atoms with E-state index in [0.29, 0.717) is 0 Å². The second-order valence-electron chi connectivity index (χ2n) is 4.80. The first-order valence-corrected chi connectivity index (χ1v) is 8.48. The van der Waals surface area contributed by atoms with Gasteiger partial charge in [0, 0.05) is 18.3 Å². The van der Waals surface area contributed by atoms with Crippen molar-refractivity contribution in [2.75, 3.05) is 5.32 Å². The first-order valence-electron chi connectivity index (χ1n) is 6.72. The Kier molecular flexibility index (Phi) is 3.33. The highest BCUT2D eigenvalue weighted by Crippen LogP contribution is 2.47. The Hall–Kier alpha value is -1.91. The SMILES string of the molecule is c1ccc2c(c1)Oc1cc(NCc3ccsc3)ccc1S2. The van der Waals surface area contributed by atoms with E-state index in [1.54, 1.807) is 23.1 Å². The molecule has 0 aliphatic carbocycles. The van der Waals surface area contributed by atoms with Gasteiger partial charge in [-0.15, -0.1) is 0 Å². The summed E-state index contributed by atoms with van der Waals surface area (Å²) in [6.45, 7) is 0.839. The Bertz CT molecular complexity index is 768. The second kappa shape index (κ2) is 5.47. The molecule has 104 valence electrons. The number of anilines is 1. The van der Waals surface area contributed by atoms with E-state index in [1.165, 1.54) is 10.5 Å². The van der Waals surface area contributed by atoms with Crippen molar-refractivity contribution in [1.82, 2.24) is 0 Å². The third kappa shape index (κ3) is 2.64. The molecule has 0 bridgehead atoms. The molecule has 0 radical (unpaired) electrons. The minimum Gasteiger partial charge on any atom is -0.455 e. The molecule has 0 atom stereocenters. The molecule has 2 nitrogen and oxygen atoms in total. The standard InChI is InChI=1S/C17H13NOS2/c1-2-4-16-14(3-1)19-15-9-13(5-6-17(15)21-16)18-10-12-7-8-20-11-12/h1-9,11,18H,10H2. The van der Waals surface area contributed by atoms with Gasteiger partial charge in [0.1, 0.15) is 11.5 Å². The number of rotatable bonds is 3. The van der Waals surface area contributed by atoms with Gasteiger partial charge in [-0.3, -0.25) is 0 Å². The molecule has 1 aliphatic heterocycles. The predicted octanol–water partition coefficient (Wildman–Crippen LogP) is 5.62.